The van der Waals surface area contributed by atoms with Crippen LogP contribution >= 0.6 is 11.8 Å². The molecule has 1 fully saturated rings. The number of ether oxygens (including phenoxy) is 1. The van der Waals surface area contributed by atoms with E-state index in [1.165, 1.54) is 0 Å². The van der Waals surface area contributed by atoms with Crippen LogP contribution in [0.1, 0.15) is 6.92 Å². The molecule has 0 aromatic heterocycles. The van der Waals surface area contributed by atoms with Gasteiger partial charge >= 0.3 is 6.09 Å². The number of amides is 1. The first-order valence-electron chi connectivity index (χ1n) is 3.98. The molecule has 70 valence electrons. The fraction of sp³-hybridized carbons (Fsp3) is 0.857. The summed E-state index contributed by atoms with van der Waals surface area (Å²) in [5, 5.41) is 3.04. The van der Waals surface area contributed by atoms with Crippen molar-refractivity contribution >= 4 is 17.9 Å². The van der Waals surface area contributed by atoms with E-state index in [0.29, 0.717) is 18.3 Å². The van der Waals surface area contributed by atoms with Gasteiger partial charge in [0, 0.05) is 17.5 Å². The second-order valence-electron chi connectivity index (χ2n) is 2.79. The molecule has 1 aliphatic heterocycles. The molecule has 0 aromatic rings. The van der Waals surface area contributed by atoms with Crippen LogP contribution in [0.4, 0.5) is 4.79 Å². The van der Waals surface area contributed by atoms with Crippen molar-refractivity contribution < 1.29 is 9.53 Å². The molecule has 4 nitrogen and oxygen atoms in total. The van der Waals surface area contributed by atoms with Gasteiger partial charge in [-0.1, -0.05) is 6.92 Å². The first kappa shape index (κ1) is 9.67. The lowest BCUT2D eigenvalue weighted by molar-refractivity contribution is 0.150. The van der Waals surface area contributed by atoms with Gasteiger partial charge in [0.05, 0.1) is 6.54 Å². The Balaban J connectivity index is 2.11. The van der Waals surface area contributed by atoms with Crippen LogP contribution in [0.5, 0.6) is 0 Å². The zero-order valence-electron chi connectivity index (χ0n) is 7.08. The van der Waals surface area contributed by atoms with Gasteiger partial charge < -0.3 is 15.8 Å². The molecule has 0 spiro atoms. The number of alkyl carbamates (subject to hydrolysis) is 1. The highest BCUT2D eigenvalue weighted by Gasteiger charge is 2.22. The number of carbonyl (C=O) groups excluding carboxylic acids is 1. The minimum Gasteiger partial charge on any atom is -0.443 e. The normalized spacial score (nSPS) is 24.8. The van der Waals surface area contributed by atoms with Crippen molar-refractivity contribution in [1.29, 1.82) is 0 Å². The zero-order chi connectivity index (χ0) is 8.97. The van der Waals surface area contributed by atoms with Crippen molar-refractivity contribution in [2.45, 2.75) is 18.3 Å². The van der Waals surface area contributed by atoms with Gasteiger partial charge in [-0.15, -0.1) is 0 Å². The lowest BCUT2D eigenvalue weighted by Crippen LogP contribution is -2.20. The molecule has 5 heteroatoms. The molecule has 2 atom stereocenters. The van der Waals surface area contributed by atoms with Gasteiger partial charge in [-0.05, 0) is 0 Å². The Kier molecular flexibility index (Phi) is 3.68. The molecule has 0 aromatic carbocycles. The van der Waals surface area contributed by atoms with E-state index in [2.05, 4.69) is 12.2 Å². The van der Waals surface area contributed by atoms with E-state index in [-0.39, 0.29) is 12.2 Å². The summed E-state index contributed by atoms with van der Waals surface area (Å²) in [6.45, 7) is 3.36. The van der Waals surface area contributed by atoms with Crippen LogP contribution in [0.2, 0.25) is 0 Å². The first-order chi connectivity index (χ1) is 5.72. The second-order valence-corrected chi connectivity index (χ2v) is 4.26. The molecule has 0 radical (unpaired) electrons. The molecule has 0 bridgehead atoms. The fourth-order valence-corrected chi connectivity index (χ4v) is 1.73. The van der Waals surface area contributed by atoms with Crippen molar-refractivity contribution in [1.82, 2.24) is 5.32 Å². The van der Waals surface area contributed by atoms with Crippen LogP contribution in [0.25, 0.3) is 0 Å². The quantitative estimate of drug-likeness (QED) is 0.663. The average Bonchev–Trinajstić information content (AvgIpc) is 2.47. The zero-order valence-corrected chi connectivity index (χ0v) is 7.89. The molecule has 1 rings (SSSR count). The van der Waals surface area contributed by atoms with E-state index in [4.69, 9.17) is 10.5 Å². The van der Waals surface area contributed by atoms with Gasteiger partial charge in [-0.25, -0.2) is 4.79 Å². The highest BCUT2D eigenvalue weighted by molar-refractivity contribution is 7.99. The third-order valence-electron chi connectivity index (χ3n) is 1.65. The number of rotatable bonds is 4. The number of carbonyl (C=O) groups is 1. The highest BCUT2D eigenvalue weighted by atomic mass is 32.2. The first-order valence-corrected chi connectivity index (χ1v) is 5.03. The summed E-state index contributed by atoms with van der Waals surface area (Å²) in [6.07, 6.45) is -0.280. The second kappa shape index (κ2) is 4.57. The van der Waals surface area contributed by atoms with Crippen molar-refractivity contribution in [2.75, 3.05) is 18.8 Å². The van der Waals surface area contributed by atoms with E-state index >= 15 is 0 Å². The van der Waals surface area contributed by atoms with Crippen LogP contribution in [0.3, 0.4) is 0 Å². The molecule has 1 aliphatic rings. The van der Waals surface area contributed by atoms with Crippen molar-refractivity contribution in [2.24, 2.45) is 5.73 Å². The van der Waals surface area contributed by atoms with Crippen molar-refractivity contribution in [3.05, 3.63) is 0 Å². The van der Waals surface area contributed by atoms with Crippen molar-refractivity contribution in [3.8, 4) is 0 Å². The van der Waals surface area contributed by atoms with Gasteiger partial charge in [0.25, 0.3) is 0 Å². The maximum absolute atomic E-state index is 10.6. The minimum atomic E-state index is -0.305. The molecule has 2 unspecified atom stereocenters. The highest BCUT2D eigenvalue weighted by Crippen LogP contribution is 2.13. The Morgan fingerprint density at radius 3 is 3.17 bits per heavy atom. The van der Waals surface area contributed by atoms with Crippen LogP contribution in [-0.4, -0.2) is 36.3 Å². The molecular weight excluding hydrogens is 176 g/mol. The number of thioether (sulfide) groups is 1. The number of hydrogen-bond acceptors (Lipinski definition) is 4. The third kappa shape index (κ3) is 2.91. The molecular formula is C7H14N2O2S. The van der Waals surface area contributed by atoms with Gasteiger partial charge in [0.2, 0.25) is 0 Å². The van der Waals surface area contributed by atoms with Gasteiger partial charge in [0.1, 0.15) is 6.10 Å². The van der Waals surface area contributed by atoms with Crippen molar-refractivity contribution in [3.63, 3.8) is 0 Å². The lowest BCUT2D eigenvalue weighted by Gasteiger charge is -2.10. The summed E-state index contributed by atoms with van der Waals surface area (Å²) in [5.74, 6) is 0.830. The smallest absolute Gasteiger partial charge is 0.407 e. The lowest BCUT2D eigenvalue weighted by atomic mass is 10.4. The Hall–Kier alpha value is -0.420. The molecule has 1 saturated heterocycles. The van der Waals surface area contributed by atoms with Crippen LogP contribution in [-0.2, 0) is 4.74 Å². The predicted molar refractivity (Wildman–Crippen MR) is 49.2 cm³/mol. The van der Waals surface area contributed by atoms with E-state index in [1.807, 2.05) is 0 Å². The van der Waals surface area contributed by atoms with E-state index in [1.54, 1.807) is 11.8 Å². The van der Waals surface area contributed by atoms with E-state index in [0.717, 1.165) is 5.75 Å². The van der Waals surface area contributed by atoms with Crippen LogP contribution in [0, 0.1) is 0 Å². The maximum Gasteiger partial charge on any atom is 0.407 e. The van der Waals surface area contributed by atoms with E-state index < -0.39 is 0 Å². The van der Waals surface area contributed by atoms with Gasteiger partial charge in [0.15, 0.2) is 0 Å². The molecule has 0 aliphatic carbocycles. The summed E-state index contributed by atoms with van der Waals surface area (Å²) < 4.78 is 4.94. The Labute approximate surface area is 76.2 Å². The molecule has 0 saturated carbocycles. The summed E-state index contributed by atoms with van der Waals surface area (Å²) in [4.78, 5) is 10.6. The van der Waals surface area contributed by atoms with Crippen LogP contribution < -0.4 is 11.1 Å². The average molecular weight is 190 g/mol. The van der Waals surface area contributed by atoms with Crippen LogP contribution in [0.15, 0.2) is 0 Å². The molecule has 3 N–H and O–H groups in total. The number of nitrogens with two attached hydrogens (primary N) is 1. The number of cyclic esters (lactones) is 1. The Morgan fingerprint density at radius 1 is 1.92 bits per heavy atom. The standard InChI is InChI=1S/C7H14N2O2S/c1-5(2-8)12-4-6-3-9-7(10)11-6/h5-6H,2-4,8H2,1H3,(H,9,10). The SMILES string of the molecule is CC(CN)SCC1CNC(=O)O1. The number of hydrogen-bond donors (Lipinski definition) is 2. The predicted octanol–water partition coefficient (Wildman–Crippen LogP) is 0.175. The summed E-state index contributed by atoms with van der Waals surface area (Å²) in [5.41, 5.74) is 5.44. The summed E-state index contributed by atoms with van der Waals surface area (Å²) in [6, 6.07) is 0. The van der Waals surface area contributed by atoms with Gasteiger partial charge in [-0.3, -0.25) is 0 Å². The Bertz CT molecular complexity index is 165. The monoisotopic (exact) mass is 190 g/mol. The minimum absolute atomic E-state index is 0.0245. The van der Waals surface area contributed by atoms with Gasteiger partial charge in [-0.2, -0.15) is 11.8 Å². The van der Waals surface area contributed by atoms with E-state index in [9.17, 15) is 4.79 Å². The number of nitrogens with one attached hydrogen (secondary N) is 1. The maximum atomic E-state index is 10.6. The largest absolute Gasteiger partial charge is 0.443 e. The molecule has 12 heavy (non-hydrogen) atoms. The molecule has 1 heterocycles. The molecule has 1 amide bonds. The fourth-order valence-electron chi connectivity index (χ4n) is 0.864. The Morgan fingerprint density at radius 2 is 2.67 bits per heavy atom. The third-order valence-corrected chi connectivity index (χ3v) is 2.97. The summed E-state index contributed by atoms with van der Waals surface area (Å²) in [7, 11) is 0. The summed E-state index contributed by atoms with van der Waals surface area (Å²) >= 11 is 1.73. The topological polar surface area (TPSA) is 64.3 Å².